The molecule has 0 atom stereocenters. The van der Waals surface area contributed by atoms with Gasteiger partial charge in [-0.15, -0.1) is 0 Å². The molecule has 1 fully saturated rings. The molecule has 0 heterocycles. The van der Waals surface area contributed by atoms with Crippen LogP contribution in [0.15, 0.2) is 23.1 Å². The number of nitrogens with one attached hydrogen (secondary N) is 1. The normalized spacial score (nSPS) is 15.9. The Hall–Kier alpha value is -0.910. The summed E-state index contributed by atoms with van der Waals surface area (Å²) in [6, 6.07) is 6.16. The van der Waals surface area contributed by atoms with E-state index in [1.807, 2.05) is 26.0 Å². The van der Waals surface area contributed by atoms with Gasteiger partial charge >= 0.3 is 0 Å². The van der Waals surface area contributed by atoms with Crippen molar-refractivity contribution in [1.82, 2.24) is 9.62 Å². The average molecular weight is 310 g/mol. The molecule has 1 N–H and O–H groups in total. The highest BCUT2D eigenvalue weighted by Gasteiger charge is 2.37. The second-order valence-corrected chi connectivity index (χ2v) is 7.87. The second-order valence-electron chi connectivity index (χ2n) is 6.02. The molecule has 0 bridgehead atoms. The predicted molar refractivity (Wildman–Crippen MR) is 85.7 cm³/mol. The van der Waals surface area contributed by atoms with Crippen LogP contribution in [0.1, 0.15) is 44.7 Å². The zero-order chi connectivity index (χ0) is 15.6. The van der Waals surface area contributed by atoms with Crippen LogP contribution in [0.2, 0.25) is 0 Å². The lowest BCUT2D eigenvalue weighted by atomic mass is 10.1. The lowest BCUT2D eigenvalue weighted by Gasteiger charge is -2.22. The van der Waals surface area contributed by atoms with Gasteiger partial charge in [0.05, 0.1) is 4.90 Å². The largest absolute Gasteiger partial charge is 0.310 e. The summed E-state index contributed by atoms with van der Waals surface area (Å²) >= 11 is 0. The minimum atomic E-state index is -3.37. The van der Waals surface area contributed by atoms with Crippen LogP contribution < -0.4 is 5.32 Å². The molecule has 118 valence electrons. The zero-order valence-electron chi connectivity index (χ0n) is 13.4. The molecule has 0 aliphatic heterocycles. The standard InChI is InChI=1S/C16H26N2O2S/c1-5-18(15-9-10-15)21(19,20)16-8-6-7-14(13(16)4)11-17-12(2)3/h6-8,12,15,17H,5,9-11H2,1-4H3. The number of hydrogen-bond acceptors (Lipinski definition) is 3. The van der Waals surface area contributed by atoms with Crippen molar-refractivity contribution < 1.29 is 8.42 Å². The van der Waals surface area contributed by atoms with Crippen molar-refractivity contribution in [3.05, 3.63) is 29.3 Å². The van der Waals surface area contributed by atoms with Gasteiger partial charge in [-0.3, -0.25) is 0 Å². The van der Waals surface area contributed by atoms with E-state index >= 15 is 0 Å². The predicted octanol–water partition coefficient (Wildman–Crippen LogP) is 2.67. The van der Waals surface area contributed by atoms with E-state index in [2.05, 4.69) is 19.2 Å². The van der Waals surface area contributed by atoms with Crippen molar-refractivity contribution in [3.63, 3.8) is 0 Å². The molecule has 5 heteroatoms. The highest BCUT2D eigenvalue weighted by atomic mass is 32.2. The summed E-state index contributed by atoms with van der Waals surface area (Å²) in [4.78, 5) is 0.458. The Morgan fingerprint density at radius 3 is 2.52 bits per heavy atom. The summed E-state index contributed by atoms with van der Waals surface area (Å²) in [7, 11) is -3.37. The van der Waals surface area contributed by atoms with Crippen molar-refractivity contribution in [2.45, 2.75) is 64.1 Å². The summed E-state index contributed by atoms with van der Waals surface area (Å²) in [5.41, 5.74) is 1.92. The molecule has 0 saturated heterocycles. The van der Waals surface area contributed by atoms with Crippen LogP contribution in [-0.2, 0) is 16.6 Å². The van der Waals surface area contributed by atoms with E-state index in [1.54, 1.807) is 10.4 Å². The quantitative estimate of drug-likeness (QED) is 0.842. The summed E-state index contributed by atoms with van der Waals surface area (Å²) in [6.07, 6.45) is 1.97. The van der Waals surface area contributed by atoms with E-state index in [4.69, 9.17) is 0 Å². The van der Waals surface area contributed by atoms with Crippen LogP contribution >= 0.6 is 0 Å². The molecule has 4 nitrogen and oxygen atoms in total. The second kappa shape index (κ2) is 6.46. The zero-order valence-corrected chi connectivity index (χ0v) is 14.2. The van der Waals surface area contributed by atoms with E-state index in [0.717, 1.165) is 24.0 Å². The number of nitrogens with zero attached hydrogens (tertiary/aromatic N) is 1. The first kappa shape index (κ1) is 16.5. The van der Waals surface area contributed by atoms with Gasteiger partial charge in [-0.25, -0.2) is 8.42 Å². The first-order valence-electron chi connectivity index (χ1n) is 7.71. The summed E-state index contributed by atoms with van der Waals surface area (Å²) in [5.74, 6) is 0. The molecule has 1 saturated carbocycles. The lowest BCUT2D eigenvalue weighted by molar-refractivity contribution is 0.420. The lowest BCUT2D eigenvalue weighted by Crippen LogP contribution is -2.33. The minimum absolute atomic E-state index is 0.205. The number of sulfonamides is 1. The van der Waals surface area contributed by atoms with Crippen molar-refractivity contribution in [1.29, 1.82) is 0 Å². The van der Waals surface area contributed by atoms with E-state index in [1.165, 1.54) is 0 Å². The molecule has 0 spiro atoms. The smallest absolute Gasteiger partial charge is 0.243 e. The van der Waals surface area contributed by atoms with Gasteiger partial charge in [0, 0.05) is 25.2 Å². The highest BCUT2D eigenvalue weighted by molar-refractivity contribution is 7.89. The van der Waals surface area contributed by atoms with Crippen LogP contribution in [0, 0.1) is 6.92 Å². The van der Waals surface area contributed by atoms with Crippen LogP contribution in [0.4, 0.5) is 0 Å². The summed E-state index contributed by atoms with van der Waals surface area (Å²) in [6.45, 7) is 9.23. The third-order valence-corrected chi connectivity index (χ3v) is 6.12. The van der Waals surface area contributed by atoms with Gasteiger partial charge in [-0.05, 0) is 37.0 Å². The summed E-state index contributed by atoms with van der Waals surface area (Å²) in [5, 5.41) is 3.35. The SMILES string of the molecule is CCN(C1CC1)S(=O)(=O)c1cccc(CNC(C)C)c1C. The molecule has 0 amide bonds. The Kier molecular flexibility index (Phi) is 5.07. The Morgan fingerprint density at radius 1 is 1.33 bits per heavy atom. The van der Waals surface area contributed by atoms with Gasteiger partial charge < -0.3 is 5.32 Å². The third-order valence-electron chi connectivity index (χ3n) is 3.95. The van der Waals surface area contributed by atoms with E-state index in [9.17, 15) is 8.42 Å². The highest BCUT2D eigenvalue weighted by Crippen LogP contribution is 2.33. The number of hydrogen-bond donors (Lipinski definition) is 1. The van der Waals surface area contributed by atoms with Crippen LogP contribution in [0.3, 0.4) is 0 Å². The molecule has 1 aromatic carbocycles. The van der Waals surface area contributed by atoms with E-state index in [-0.39, 0.29) is 6.04 Å². The third kappa shape index (κ3) is 3.65. The Morgan fingerprint density at radius 2 is 2.00 bits per heavy atom. The van der Waals surface area contributed by atoms with Crippen molar-refractivity contribution in [2.75, 3.05) is 6.54 Å². The van der Waals surface area contributed by atoms with Crippen LogP contribution in [0.5, 0.6) is 0 Å². The first-order chi connectivity index (χ1) is 9.87. The molecule has 0 aromatic heterocycles. The molecule has 21 heavy (non-hydrogen) atoms. The molecular weight excluding hydrogens is 284 g/mol. The molecule has 1 aliphatic carbocycles. The monoisotopic (exact) mass is 310 g/mol. The maximum atomic E-state index is 12.9. The average Bonchev–Trinajstić information content (AvgIpc) is 3.22. The van der Waals surface area contributed by atoms with Crippen molar-refractivity contribution in [2.24, 2.45) is 0 Å². The topological polar surface area (TPSA) is 49.4 Å². The number of rotatable bonds is 7. The molecule has 0 unspecified atom stereocenters. The van der Waals surface area contributed by atoms with Gasteiger partial charge in [-0.2, -0.15) is 4.31 Å². The Labute approximate surface area is 128 Å². The van der Waals surface area contributed by atoms with Crippen LogP contribution in [-0.4, -0.2) is 31.4 Å². The van der Waals surface area contributed by atoms with E-state index < -0.39 is 10.0 Å². The Balaban J connectivity index is 2.32. The van der Waals surface area contributed by atoms with Gasteiger partial charge in [0.25, 0.3) is 0 Å². The fourth-order valence-corrected chi connectivity index (χ4v) is 4.52. The summed E-state index contributed by atoms with van der Waals surface area (Å²) < 4.78 is 27.4. The fraction of sp³-hybridized carbons (Fsp3) is 0.625. The van der Waals surface area contributed by atoms with Gasteiger partial charge in [0.1, 0.15) is 0 Å². The fourth-order valence-electron chi connectivity index (χ4n) is 2.56. The first-order valence-corrected chi connectivity index (χ1v) is 9.15. The van der Waals surface area contributed by atoms with Gasteiger partial charge in [0.15, 0.2) is 0 Å². The Bertz CT molecular complexity index is 592. The molecule has 0 radical (unpaired) electrons. The maximum Gasteiger partial charge on any atom is 0.243 e. The van der Waals surface area contributed by atoms with Crippen LogP contribution in [0.25, 0.3) is 0 Å². The van der Waals surface area contributed by atoms with E-state index in [0.29, 0.717) is 24.0 Å². The minimum Gasteiger partial charge on any atom is -0.310 e. The number of benzene rings is 1. The molecule has 1 aliphatic rings. The van der Waals surface area contributed by atoms with Gasteiger partial charge in [-0.1, -0.05) is 32.9 Å². The maximum absolute atomic E-state index is 12.9. The van der Waals surface area contributed by atoms with Gasteiger partial charge in [0.2, 0.25) is 10.0 Å². The van der Waals surface area contributed by atoms with Crippen molar-refractivity contribution >= 4 is 10.0 Å². The molecule has 1 aromatic rings. The molecular formula is C16H26N2O2S. The van der Waals surface area contributed by atoms with Crippen molar-refractivity contribution in [3.8, 4) is 0 Å². The molecule has 2 rings (SSSR count).